The molecular formula is C13H24N2OS. The average Bonchev–Trinajstić information content (AvgIpc) is 2.75. The van der Waals surface area contributed by atoms with Crippen LogP contribution in [0, 0.1) is 0 Å². The Morgan fingerprint density at radius 3 is 2.76 bits per heavy atom. The highest BCUT2D eigenvalue weighted by Crippen LogP contribution is 2.27. The van der Waals surface area contributed by atoms with E-state index in [2.05, 4.69) is 43.4 Å². The Kier molecular flexibility index (Phi) is 5.56. The van der Waals surface area contributed by atoms with E-state index in [1.807, 2.05) is 6.92 Å². The van der Waals surface area contributed by atoms with Gasteiger partial charge in [-0.1, -0.05) is 6.92 Å². The van der Waals surface area contributed by atoms with E-state index in [0.717, 1.165) is 23.7 Å². The first-order valence-corrected chi connectivity index (χ1v) is 7.19. The second-order valence-electron chi connectivity index (χ2n) is 4.78. The third-order valence-corrected chi connectivity index (χ3v) is 4.01. The number of hydrogen-bond acceptors (Lipinski definition) is 4. The van der Waals surface area contributed by atoms with Gasteiger partial charge in [0, 0.05) is 24.6 Å². The van der Waals surface area contributed by atoms with Crippen LogP contribution < -0.4 is 5.32 Å². The van der Waals surface area contributed by atoms with Crippen molar-refractivity contribution in [3.63, 3.8) is 0 Å². The van der Waals surface area contributed by atoms with Crippen LogP contribution in [0.5, 0.6) is 0 Å². The van der Waals surface area contributed by atoms with Gasteiger partial charge in [-0.3, -0.25) is 0 Å². The zero-order valence-electron chi connectivity index (χ0n) is 11.5. The standard InChI is InChI=1S/C13H24N2OS/c1-6-10(3)14-8-11-9-17-12(15-11)13(4,5)16-7-2/h9-10,14H,6-8H2,1-5H3. The minimum absolute atomic E-state index is 0.270. The van der Waals surface area contributed by atoms with Crippen LogP contribution in [-0.2, 0) is 16.9 Å². The summed E-state index contributed by atoms with van der Waals surface area (Å²) in [5, 5.41) is 6.62. The highest BCUT2D eigenvalue weighted by molar-refractivity contribution is 7.09. The van der Waals surface area contributed by atoms with Crippen LogP contribution in [0.2, 0.25) is 0 Å². The van der Waals surface area contributed by atoms with E-state index < -0.39 is 0 Å². The van der Waals surface area contributed by atoms with Crippen molar-refractivity contribution in [1.82, 2.24) is 10.3 Å². The zero-order chi connectivity index (χ0) is 12.9. The van der Waals surface area contributed by atoms with Crippen LogP contribution in [0.3, 0.4) is 0 Å². The molecule has 17 heavy (non-hydrogen) atoms. The molecule has 0 saturated heterocycles. The first-order valence-electron chi connectivity index (χ1n) is 6.31. The molecule has 0 aliphatic heterocycles. The first-order chi connectivity index (χ1) is 7.99. The highest BCUT2D eigenvalue weighted by Gasteiger charge is 2.24. The molecule has 0 fully saturated rings. The van der Waals surface area contributed by atoms with Gasteiger partial charge in [0.25, 0.3) is 0 Å². The maximum absolute atomic E-state index is 5.70. The predicted molar refractivity (Wildman–Crippen MR) is 73.4 cm³/mol. The summed E-state index contributed by atoms with van der Waals surface area (Å²) < 4.78 is 5.70. The van der Waals surface area contributed by atoms with E-state index in [1.165, 1.54) is 0 Å². The van der Waals surface area contributed by atoms with Gasteiger partial charge < -0.3 is 10.1 Å². The van der Waals surface area contributed by atoms with E-state index in [4.69, 9.17) is 4.74 Å². The maximum atomic E-state index is 5.70. The molecule has 3 nitrogen and oxygen atoms in total. The Balaban J connectivity index is 2.59. The summed E-state index contributed by atoms with van der Waals surface area (Å²) in [5.41, 5.74) is 0.840. The fraction of sp³-hybridized carbons (Fsp3) is 0.769. The molecule has 1 atom stereocenters. The molecule has 0 bridgehead atoms. The molecule has 0 aliphatic rings. The molecule has 1 aromatic heterocycles. The van der Waals surface area contributed by atoms with Crippen molar-refractivity contribution in [1.29, 1.82) is 0 Å². The number of hydrogen-bond donors (Lipinski definition) is 1. The Morgan fingerprint density at radius 1 is 1.47 bits per heavy atom. The van der Waals surface area contributed by atoms with E-state index in [1.54, 1.807) is 11.3 Å². The summed E-state index contributed by atoms with van der Waals surface area (Å²) in [6.45, 7) is 12.1. The predicted octanol–water partition coefficient (Wildman–Crippen LogP) is 3.30. The summed E-state index contributed by atoms with van der Waals surface area (Å²) in [6, 6.07) is 0.542. The molecule has 1 rings (SSSR count). The van der Waals surface area contributed by atoms with E-state index in [-0.39, 0.29) is 5.60 Å². The van der Waals surface area contributed by atoms with Gasteiger partial charge in [0.05, 0.1) is 5.69 Å². The van der Waals surface area contributed by atoms with E-state index in [9.17, 15) is 0 Å². The van der Waals surface area contributed by atoms with E-state index in [0.29, 0.717) is 12.6 Å². The molecule has 0 radical (unpaired) electrons. The third kappa shape index (κ3) is 4.37. The molecule has 0 aliphatic carbocycles. The van der Waals surface area contributed by atoms with Gasteiger partial charge in [-0.25, -0.2) is 4.98 Å². The van der Waals surface area contributed by atoms with Gasteiger partial charge in [-0.05, 0) is 34.1 Å². The van der Waals surface area contributed by atoms with Crippen molar-refractivity contribution < 1.29 is 4.74 Å². The van der Waals surface area contributed by atoms with Gasteiger partial charge in [0.2, 0.25) is 0 Å². The lowest BCUT2D eigenvalue weighted by Gasteiger charge is -2.21. The Morgan fingerprint density at radius 2 is 2.18 bits per heavy atom. The third-order valence-electron chi connectivity index (χ3n) is 2.82. The van der Waals surface area contributed by atoms with Crippen LogP contribution >= 0.6 is 11.3 Å². The van der Waals surface area contributed by atoms with Crippen molar-refractivity contribution in [3.8, 4) is 0 Å². The monoisotopic (exact) mass is 256 g/mol. The number of ether oxygens (including phenoxy) is 1. The Labute approximate surface area is 109 Å². The van der Waals surface area contributed by atoms with Crippen molar-refractivity contribution in [2.24, 2.45) is 0 Å². The van der Waals surface area contributed by atoms with Gasteiger partial charge in [0.15, 0.2) is 0 Å². The van der Waals surface area contributed by atoms with Crippen LogP contribution in [-0.4, -0.2) is 17.6 Å². The topological polar surface area (TPSA) is 34.1 Å². The molecule has 1 unspecified atom stereocenters. The molecule has 1 N–H and O–H groups in total. The summed E-state index contributed by atoms with van der Waals surface area (Å²) in [4.78, 5) is 4.64. The first kappa shape index (κ1) is 14.6. The van der Waals surface area contributed by atoms with Crippen LogP contribution in [0.15, 0.2) is 5.38 Å². The molecule has 0 spiro atoms. The Bertz CT molecular complexity index is 336. The molecule has 1 heterocycles. The van der Waals surface area contributed by atoms with Crippen molar-refractivity contribution in [3.05, 3.63) is 16.1 Å². The largest absolute Gasteiger partial charge is 0.369 e. The summed E-state index contributed by atoms with van der Waals surface area (Å²) in [7, 11) is 0. The second kappa shape index (κ2) is 6.47. The molecular weight excluding hydrogens is 232 g/mol. The maximum Gasteiger partial charge on any atom is 0.124 e. The molecule has 4 heteroatoms. The normalized spacial score (nSPS) is 13.9. The molecule has 98 valence electrons. The van der Waals surface area contributed by atoms with Crippen molar-refractivity contribution >= 4 is 11.3 Å². The summed E-state index contributed by atoms with van der Waals surface area (Å²) >= 11 is 1.68. The SMILES string of the molecule is CCOC(C)(C)c1nc(CNC(C)CC)cs1. The quantitative estimate of drug-likeness (QED) is 0.812. The highest BCUT2D eigenvalue weighted by atomic mass is 32.1. The smallest absolute Gasteiger partial charge is 0.124 e. The molecule has 1 aromatic rings. The number of nitrogens with one attached hydrogen (secondary N) is 1. The van der Waals surface area contributed by atoms with Crippen LogP contribution in [0.25, 0.3) is 0 Å². The van der Waals surface area contributed by atoms with Gasteiger partial charge in [0.1, 0.15) is 10.6 Å². The lowest BCUT2D eigenvalue weighted by atomic mass is 10.1. The van der Waals surface area contributed by atoms with Crippen LogP contribution in [0.1, 0.15) is 51.7 Å². The Hall–Kier alpha value is -0.450. The lowest BCUT2D eigenvalue weighted by Crippen LogP contribution is -2.25. The van der Waals surface area contributed by atoms with Gasteiger partial charge >= 0.3 is 0 Å². The minimum atomic E-state index is -0.270. The van der Waals surface area contributed by atoms with Gasteiger partial charge in [-0.15, -0.1) is 11.3 Å². The van der Waals surface area contributed by atoms with Gasteiger partial charge in [-0.2, -0.15) is 0 Å². The lowest BCUT2D eigenvalue weighted by molar-refractivity contribution is -0.0142. The van der Waals surface area contributed by atoms with Crippen LogP contribution in [0.4, 0.5) is 0 Å². The number of thiazole rings is 1. The number of nitrogens with zero attached hydrogens (tertiary/aromatic N) is 1. The fourth-order valence-electron chi connectivity index (χ4n) is 1.51. The minimum Gasteiger partial charge on any atom is -0.369 e. The number of aromatic nitrogens is 1. The van der Waals surface area contributed by atoms with Crippen molar-refractivity contribution in [2.45, 2.75) is 59.2 Å². The van der Waals surface area contributed by atoms with E-state index >= 15 is 0 Å². The number of rotatable bonds is 7. The second-order valence-corrected chi connectivity index (χ2v) is 5.64. The summed E-state index contributed by atoms with van der Waals surface area (Å²) in [6.07, 6.45) is 1.14. The molecule has 0 amide bonds. The van der Waals surface area contributed by atoms with Crippen molar-refractivity contribution in [2.75, 3.05) is 6.61 Å². The average molecular weight is 256 g/mol. The summed E-state index contributed by atoms with van der Waals surface area (Å²) in [5.74, 6) is 0. The zero-order valence-corrected chi connectivity index (χ0v) is 12.4. The molecule has 0 aromatic carbocycles. The fourth-order valence-corrected chi connectivity index (χ4v) is 2.41. The molecule has 0 saturated carbocycles.